The Kier molecular flexibility index (Phi) is 12.6. The SMILES string of the molecule is [CH2]C(=CCCCCCCCCCC)CCC. The van der Waals surface area contributed by atoms with Gasteiger partial charge in [0.2, 0.25) is 0 Å². The number of hydrogen-bond acceptors (Lipinski definition) is 0. The molecule has 0 aromatic rings. The molecule has 0 aromatic heterocycles. The molecule has 0 atom stereocenters. The van der Waals surface area contributed by atoms with Crippen LogP contribution in [0.25, 0.3) is 0 Å². The van der Waals surface area contributed by atoms with E-state index in [-0.39, 0.29) is 0 Å². The summed E-state index contributed by atoms with van der Waals surface area (Å²) in [7, 11) is 0. The van der Waals surface area contributed by atoms with Gasteiger partial charge in [-0.2, -0.15) is 0 Å². The highest BCUT2D eigenvalue weighted by atomic mass is 14.0. The summed E-state index contributed by atoms with van der Waals surface area (Å²) in [6.07, 6.45) is 17.3. The first-order valence-corrected chi connectivity index (χ1v) is 7.32. The topological polar surface area (TPSA) is 0 Å². The number of hydrogen-bond donors (Lipinski definition) is 0. The number of rotatable bonds is 11. The lowest BCUT2D eigenvalue weighted by Gasteiger charge is -2.01. The van der Waals surface area contributed by atoms with Crippen LogP contribution in [0.15, 0.2) is 11.6 Å². The van der Waals surface area contributed by atoms with Crippen LogP contribution in [-0.4, -0.2) is 0 Å². The maximum atomic E-state index is 4.06. The van der Waals surface area contributed by atoms with Crippen LogP contribution < -0.4 is 0 Å². The van der Waals surface area contributed by atoms with Gasteiger partial charge < -0.3 is 0 Å². The molecule has 16 heavy (non-hydrogen) atoms. The lowest BCUT2D eigenvalue weighted by atomic mass is 10.1. The Bertz CT molecular complexity index is 155. The molecule has 0 heterocycles. The Balaban J connectivity index is 3.12. The highest BCUT2D eigenvalue weighted by Gasteiger charge is 1.91. The van der Waals surface area contributed by atoms with E-state index in [2.05, 4.69) is 26.8 Å². The Labute approximate surface area is 104 Å². The summed E-state index contributed by atoms with van der Waals surface area (Å²) in [6.45, 7) is 8.55. The van der Waals surface area contributed by atoms with Crippen molar-refractivity contribution in [1.82, 2.24) is 0 Å². The first kappa shape index (κ1) is 15.7. The van der Waals surface area contributed by atoms with Crippen LogP contribution in [0.1, 0.15) is 84.5 Å². The minimum absolute atomic E-state index is 1.18. The van der Waals surface area contributed by atoms with Gasteiger partial charge in [-0.25, -0.2) is 0 Å². The maximum Gasteiger partial charge on any atom is -0.0283 e. The average molecular weight is 223 g/mol. The summed E-state index contributed by atoms with van der Waals surface area (Å²) >= 11 is 0. The van der Waals surface area contributed by atoms with E-state index >= 15 is 0 Å². The number of allylic oxidation sites excluding steroid dienone is 2. The van der Waals surface area contributed by atoms with Crippen LogP contribution in [0.2, 0.25) is 0 Å². The van der Waals surface area contributed by atoms with Gasteiger partial charge in [-0.05, 0) is 26.2 Å². The molecule has 0 rings (SSSR count). The smallest absolute Gasteiger partial charge is 0.0283 e. The van der Waals surface area contributed by atoms with Crippen molar-refractivity contribution in [3.8, 4) is 0 Å². The lowest BCUT2D eigenvalue weighted by molar-refractivity contribution is 0.577. The molecule has 0 aromatic carbocycles. The minimum atomic E-state index is 1.18. The summed E-state index contributed by atoms with van der Waals surface area (Å²) in [5.74, 6) is 0. The highest BCUT2D eigenvalue weighted by molar-refractivity contribution is 5.04. The van der Waals surface area contributed by atoms with Gasteiger partial charge in [-0.15, -0.1) is 0 Å². The molecule has 0 bridgehead atoms. The fourth-order valence-corrected chi connectivity index (χ4v) is 2.01. The van der Waals surface area contributed by atoms with Gasteiger partial charge in [0.05, 0.1) is 0 Å². The molecule has 0 N–H and O–H groups in total. The first-order valence-electron chi connectivity index (χ1n) is 7.32. The van der Waals surface area contributed by atoms with Crippen LogP contribution in [0, 0.1) is 6.92 Å². The van der Waals surface area contributed by atoms with Gasteiger partial charge in [-0.3, -0.25) is 0 Å². The van der Waals surface area contributed by atoms with Crippen LogP contribution in [0.5, 0.6) is 0 Å². The standard InChI is InChI=1S/C16H31/c1-4-6-7-8-9-10-11-12-13-15-16(3)14-5-2/h15H,3-14H2,1-2H3. The predicted molar refractivity (Wildman–Crippen MR) is 75.6 cm³/mol. The van der Waals surface area contributed by atoms with Crippen molar-refractivity contribution < 1.29 is 0 Å². The average Bonchev–Trinajstić information content (AvgIpc) is 2.27. The summed E-state index contributed by atoms with van der Waals surface area (Å²) in [5.41, 5.74) is 1.34. The third-order valence-corrected chi connectivity index (χ3v) is 3.06. The molecule has 1 radical (unpaired) electrons. The summed E-state index contributed by atoms with van der Waals surface area (Å²) in [4.78, 5) is 0. The van der Waals surface area contributed by atoms with E-state index < -0.39 is 0 Å². The van der Waals surface area contributed by atoms with Gasteiger partial charge in [0.25, 0.3) is 0 Å². The van der Waals surface area contributed by atoms with Crippen molar-refractivity contribution in [1.29, 1.82) is 0 Å². The Morgan fingerprint density at radius 2 is 1.38 bits per heavy atom. The van der Waals surface area contributed by atoms with Gasteiger partial charge in [0.1, 0.15) is 0 Å². The summed E-state index contributed by atoms with van der Waals surface area (Å²) < 4.78 is 0. The fraction of sp³-hybridized carbons (Fsp3) is 0.812. The van der Waals surface area contributed by atoms with Gasteiger partial charge in [0.15, 0.2) is 0 Å². The van der Waals surface area contributed by atoms with E-state index in [0.29, 0.717) is 0 Å². The minimum Gasteiger partial charge on any atom is -0.0853 e. The quantitative estimate of drug-likeness (QED) is 0.372. The first-order chi connectivity index (χ1) is 7.81. The van der Waals surface area contributed by atoms with Crippen LogP contribution in [0.4, 0.5) is 0 Å². The second kappa shape index (κ2) is 12.8. The normalized spacial score (nSPS) is 12.1. The third-order valence-electron chi connectivity index (χ3n) is 3.06. The molecule has 0 fully saturated rings. The van der Waals surface area contributed by atoms with Crippen LogP contribution in [0.3, 0.4) is 0 Å². The molecule has 0 nitrogen and oxygen atoms in total. The monoisotopic (exact) mass is 223 g/mol. The van der Waals surface area contributed by atoms with E-state index in [0.717, 1.165) is 0 Å². The summed E-state index contributed by atoms with van der Waals surface area (Å²) in [5, 5.41) is 0. The zero-order chi connectivity index (χ0) is 12.1. The molecule has 95 valence electrons. The third kappa shape index (κ3) is 11.8. The van der Waals surface area contributed by atoms with E-state index in [1.54, 1.807) is 0 Å². The van der Waals surface area contributed by atoms with Crippen molar-refractivity contribution in [3.63, 3.8) is 0 Å². The highest BCUT2D eigenvalue weighted by Crippen LogP contribution is 2.11. The van der Waals surface area contributed by atoms with Crippen molar-refractivity contribution in [2.24, 2.45) is 0 Å². The fourth-order valence-electron chi connectivity index (χ4n) is 2.01. The maximum absolute atomic E-state index is 4.06. The van der Waals surface area contributed by atoms with E-state index in [9.17, 15) is 0 Å². The molecular weight excluding hydrogens is 192 g/mol. The van der Waals surface area contributed by atoms with E-state index in [4.69, 9.17) is 0 Å². The zero-order valence-corrected chi connectivity index (χ0v) is 11.6. The lowest BCUT2D eigenvalue weighted by Crippen LogP contribution is -1.81. The Morgan fingerprint density at radius 3 is 1.94 bits per heavy atom. The second-order valence-electron chi connectivity index (χ2n) is 4.88. The van der Waals surface area contributed by atoms with Crippen molar-refractivity contribution in [2.45, 2.75) is 84.5 Å². The Morgan fingerprint density at radius 1 is 0.812 bits per heavy atom. The largest absolute Gasteiger partial charge is 0.0853 e. The molecule has 0 aliphatic heterocycles. The molecule has 0 amide bonds. The van der Waals surface area contributed by atoms with E-state index in [1.807, 2.05) is 0 Å². The Hall–Kier alpha value is -0.260. The van der Waals surface area contributed by atoms with Gasteiger partial charge in [-0.1, -0.05) is 76.9 Å². The second-order valence-corrected chi connectivity index (χ2v) is 4.88. The molecular formula is C16H31. The molecule has 0 unspecified atom stereocenters. The molecule has 0 heteroatoms. The van der Waals surface area contributed by atoms with Crippen LogP contribution >= 0.6 is 0 Å². The predicted octanol–water partition coefficient (Wildman–Crippen LogP) is 6.08. The molecule has 0 spiro atoms. The van der Waals surface area contributed by atoms with Gasteiger partial charge in [0, 0.05) is 0 Å². The van der Waals surface area contributed by atoms with Crippen LogP contribution in [-0.2, 0) is 0 Å². The molecule has 0 aliphatic carbocycles. The van der Waals surface area contributed by atoms with Gasteiger partial charge >= 0.3 is 0 Å². The molecule has 0 aliphatic rings. The van der Waals surface area contributed by atoms with Crippen molar-refractivity contribution >= 4 is 0 Å². The van der Waals surface area contributed by atoms with Crippen molar-refractivity contribution in [2.75, 3.05) is 0 Å². The molecule has 0 saturated carbocycles. The zero-order valence-electron chi connectivity index (χ0n) is 11.6. The molecule has 0 saturated heterocycles. The van der Waals surface area contributed by atoms with Crippen molar-refractivity contribution in [3.05, 3.63) is 18.6 Å². The van der Waals surface area contributed by atoms with E-state index in [1.165, 1.54) is 76.2 Å². The number of unbranched alkanes of at least 4 members (excludes halogenated alkanes) is 8. The summed E-state index contributed by atoms with van der Waals surface area (Å²) in [6, 6.07) is 0.